The molecule has 124 valence electrons. The van der Waals surface area contributed by atoms with Crippen molar-refractivity contribution in [3.8, 4) is 0 Å². The first-order chi connectivity index (χ1) is 11.3. The monoisotopic (exact) mass is 329 g/mol. The van der Waals surface area contributed by atoms with Crippen molar-refractivity contribution in [1.29, 1.82) is 0 Å². The smallest absolute Gasteiger partial charge is 0.390 e. The topological polar surface area (TPSA) is 105 Å². The highest BCUT2D eigenvalue weighted by molar-refractivity contribution is 5.72. The predicted octanol–water partition coefficient (Wildman–Crippen LogP) is 0.699. The number of aromatic nitrogens is 4. The Morgan fingerprint density at radius 3 is 2.46 bits per heavy atom. The molecule has 2 aromatic heterocycles. The van der Waals surface area contributed by atoms with Crippen molar-refractivity contribution in [2.24, 2.45) is 14.1 Å². The first-order valence-corrected chi connectivity index (χ1v) is 7.18. The third-order valence-electron chi connectivity index (χ3n) is 4.07. The van der Waals surface area contributed by atoms with E-state index < -0.39 is 22.1 Å². The molecule has 9 nitrogen and oxygen atoms in total. The minimum Gasteiger partial charge on any atom is -0.390 e. The minimum atomic E-state index is -0.653. The van der Waals surface area contributed by atoms with Crippen LogP contribution in [-0.2, 0) is 20.6 Å². The van der Waals surface area contributed by atoms with E-state index in [0.717, 1.165) is 15.7 Å². The summed E-state index contributed by atoms with van der Waals surface area (Å²) in [4.78, 5) is 39.0. The number of aryl methyl sites for hydroxylation is 2. The molecule has 0 bridgehead atoms. The van der Waals surface area contributed by atoms with Crippen LogP contribution in [0.2, 0.25) is 0 Å². The second-order valence-corrected chi connectivity index (χ2v) is 5.56. The quantitative estimate of drug-likeness (QED) is 0.519. The summed E-state index contributed by atoms with van der Waals surface area (Å²) in [7, 11) is 2.78. The summed E-state index contributed by atoms with van der Waals surface area (Å²) in [5.74, 6) is -0.466. The standard InChI is InChI=1S/C15H15N5O4/c1-9-6-4-5-7-10(9)8-19-12-11(16-14(19)20(23)24)13(21)18(3)15(22)17(12)2/h4-7H,8H2,1-3H3. The lowest BCUT2D eigenvalue weighted by molar-refractivity contribution is -0.396. The van der Waals surface area contributed by atoms with Crippen LogP contribution in [0.4, 0.5) is 5.95 Å². The van der Waals surface area contributed by atoms with Gasteiger partial charge in [0, 0.05) is 14.1 Å². The Hall–Kier alpha value is -3.23. The number of fused-ring (bicyclic) bond motifs is 1. The molecule has 0 aliphatic rings. The van der Waals surface area contributed by atoms with Crippen LogP contribution in [0.25, 0.3) is 11.2 Å². The van der Waals surface area contributed by atoms with Crippen LogP contribution >= 0.6 is 0 Å². The van der Waals surface area contributed by atoms with Gasteiger partial charge in [0.1, 0.15) is 0 Å². The van der Waals surface area contributed by atoms with E-state index in [4.69, 9.17) is 0 Å². The molecular weight excluding hydrogens is 314 g/mol. The number of rotatable bonds is 3. The van der Waals surface area contributed by atoms with E-state index in [0.29, 0.717) is 0 Å². The van der Waals surface area contributed by atoms with Crippen LogP contribution in [0, 0.1) is 17.0 Å². The summed E-state index contributed by atoms with van der Waals surface area (Å²) in [5, 5.41) is 11.4. The van der Waals surface area contributed by atoms with Gasteiger partial charge in [0.05, 0.1) is 6.54 Å². The van der Waals surface area contributed by atoms with E-state index in [9.17, 15) is 19.7 Å². The van der Waals surface area contributed by atoms with Crippen molar-refractivity contribution in [1.82, 2.24) is 18.7 Å². The molecule has 0 radical (unpaired) electrons. The average Bonchev–Trinajstić information content (AvgIpc) is 2.93. The summed E-state index contributed by atoms with van der Waals surface area (Å²) in [5.41, 5.74) is 0.613. The van der Waals surface area contributed by atoms with Gasteiger partial charge < -0.3 is 10.1 Å². The number of hydrogen-bond donors (Lipinski definition) is 0. The maximum absolute atomic E-state index is 12.3. The number of benzene rings is 1. The molecule has 1 aromatic carbocycles. The highest BCUT2D eigenvalue weighted by atomic mass is 16.6. The van der Waals surface area contributed by atoms with E-state index in [1.165, 1.54) is 23.2 Å². The third kappa shape index (κ3) is 2.21. The lowest BCUT2D eigenvalue weighted by atomic mass is 10.1. The highest BCUT2D eigenvalue weighted by Crippen LogP contribution is 2.20. The van der Waals surface area contributed by atoms with Crippen LogP contribution in [0.1, 0.15) is 11.1 Å². The molecule has 0 atom stereocenters. The number of imidazole rings is 1. The van der Waals surface area contributed by atoms with E-state index in [1.54, 1.807) is 0 Å². The van der Waals surface area contributed by atoms with Crippen molar-refractivity contribution in [2.75, 3.05) is 0 Å². The van der Waals surface area contributed by atoms with Crippen molar-refractivity contribution in [3.05, 3.63) is 66.3 Å². The number of hydrogen-bond acceptors (Lipinski definition) is 5. The Bertz CT molecular complexity index is 1090. The van der Waals surface area contributed by atoms with Gasteiger partial charge in [-0.1, -0.05) is 29.2 Å². The van der Waals surface area contributed by atoms with Gasteiger partial charge in [-0.3, -0.25) is 13.9 Å². The molecule has 0 amide bonds. The van der Waals surface area contributed by atoms with Crippen LogP contribution in [0.5, 0.6) is 0 Å². The van der Waals surface area contributed by atoms with Crippen LogP contribution in [0.15, 0.2) is 33.9 Å². The van der Waals surface area contributed by atoms with Crippen molar-refractivity contribution in [3.63, 3.8) is 0 Å². The summed E-state index contributed by atoms with van der Waals surface area (Å²) in [6, 6.07) is 7.42. The van der Waals surface area contributed by atoms with E-state index >= 15 is 0 Å². The summed E-state index contributed by atoms with van der Waals surface area (Å²) in [6.07, 6.45) is 0. The molecule has 2 heterocycles. The molecule has 0 aliphatic heterocycles. The number of nitrogens with zero attached hydrogens (tertiary/aromatic N) is 5. The minimum absolute atomic E-state index is 0.0973. The summed E-state index contributed by atoms with van der Waals surface area (Å²) >= 11 is 0. The molecular formula is C15H15N5O4. The Morgan fingerprint density at radius 1 is 1.17 bits per heavy atom. The fourth-order valence-electron chi connectivity index (χ4n) is 2.72. The zero-order valence-corrected chi connectivity index (χ0v) is 13.4. The molecule has 0 unspecified atom stereocenters. The van der Waals surface area contributed by atoms with Gasteiger partial charge in [-0.05, 0) is 23.0 Å². The first kappa shape index (κ1) is 15.7. The van der Waals surface area contributed by atoms with Gasteiger partial charge in [-0.25, -0.2) is 9.36 Å². The fourth-order valence-corrected chi connectivity index (χ4v) is 2.72. The van der Waals surface area contributed by atoms with Crippen LogP contribution in [-0.4, -0.2) is 23.6 Å². The predicted molar refractivity (Wildman–Crippen MR) is 87.2 cm³/mol. The Kier molecular flexibility index (Phi) is 3.55. The average molecular weight is 329 g/mol. The van der Waals surface area contributed by atoms with Gasteiger partial charge in [0.25, 0.3) is 5.52 Å². The van der Waals surface area contributed by atoms with E-state index in [-0.39, 0.29) is 17.7 Å². The van der Waals surface area contributed by atoms with Gasteiger partial charge in [0.2, 0.25) is 5.65 Å². The van der Waals surface area contributed by atoms with Gasteiger partial charge >= 0.3 is 17.2 Å². The molecule has 0 fully saturated rings. The molecule has 0 spiro atoms. The largest absolute Gasteiger partial charge is 0.437 e. The molecule has 0 aliphatic carbocycles. The third-order valence-corrected chi connectivity index (χ3v) is 4.07. The second kappa shape index (κ2) is 5.44. The van der Waals surface area contributed by atoms with E-state index in [1.807, 2.05) is 31.2 Å². The van der Waals surface area contributed by atoms with E-state index in [2.05, 4.69) is 4.98 Å². The SMILES string of the molecule is Cc1ccccc1Cn1c([N+](=O)[O-])nc2c(=O)n(C)c(=O)n(C)c21. The highest BCUT2D eigenvalue weighted by Gasteiger charge is 2.28. The fraction of sp³-hybridized carbons (Fsp3) is 0.267. The van der Waals surface area contributed by atoms with Gasteiger partial charge in [-0.15, -0.1) is 0 Å². The molecule has 0 saturated carbocycles. The lowest BCUT2D eigenvalue weighted by Crippen LogP contribution is -2.37. The summed E-state index contributed by atoms with van der Waals surface area (Å²) in [6.45, 7) is 2.03. The Morgan fingerprint density at radius 2 is 1.83 bits per heavy atom. The van der Waals surface area contributed by atoms with Crippen molar-refractivity contribution < 1.29 is 4.92 Å². The maximum atomic E-state index is 12.3. The van der Waals surface area contributed by atoms with Gasteiger partial charge in [-0.2, -0.15) is 0 Å². The molecule has 3 aromatic rings. The molecule has 0 N–H and O–H groups in total. The molecule has 3 rings (SSSR count). The first-order valence-electron chi connectivity index (χ1n) is 7.18. The maximum Gasteiger partial charge on any atom is 0.437 e. The second-order valence-electron chi connectivity index (χ2n) is 5.56. The Labute approximate surface area is 135 Å². The molecule has 0 saturated heterocycles. The molecule has 9 heteroatoms. The zero-order valence-electron chi connectivity index (χ0n) is 13.4. The zero-order chi connectivity index (χ0) is 17.6. The Balaban J connectivity index is 2.40. The summed E-state index contributed by atoms with van der Waals surface area (Å²) < 4.78 is 3.38. The van der Waals surface area contributed by atoms with Crippen LogP contribution < -0.4 is 11.2 Å². The normalized spacial score (nSPS) is 11.1. The van der Waals surface area contributed by atoms with Crippen molar-refractivity contribution >= 4 is 17.1 Å². The van der Waals surface area contributed by atoms with Gasteiger partial charge in [0.15, 0.2) is 0 Å². The van der Waals surface area contributed by atoms with Crippen molar-refractivity contribution in [2.45, 2.75) is 13.5 Å². The number of nitro groups is 1. The van der Waals surface area contributed by atoms with Crippen LogP contribution in [0.3, 0.4) is 0 Å². The molecule has 24 heavy (non-hydrogen) atoms. The lowest BCUT2D eigenvalue weighted by Gasteiger charge is -2.08.